The van der Waals surface area contributed by atoms with Crippen LogP contribution in [-0.2, 0) is 0 Å². The lowest BCUT2D eigenvalue weighted by atomic mass is 10.2. The molecule has 0 spiro atoms. The van der Waals surface area contributed by atoms with Crippen LogP contribution < -0.4 is 5.73 Å². The Balaban J connectivity index is 2.05. The average molecular weight is 222 g/mol. The van der Waals surface area contributed by atoms with Crippen molar-refractivity contribution in [3.8, 4) is 0 Å². The first-order chi connectivity index (χ1) is 7.24. The molecule has 1 saturated carbocycles. The van der Waals surface area contributed by atoms with Gasteiger partial charge in [0.1, 0.15) is 5.82 Å². The highest BCUT2D eigenvalue weighted by molar-refractivity contribution is 6.31. The second kappa shape index (κ2) is 3.22. The number of fused-ring (bicyclic) bond motifs is 1. The molecule has 0 radical (unpaired) electrons. The van der Waals surface area contributed by atoms with Crippen LogP contribution in [0.15, 0.2) is 18.2 Å². The predicted octanol–water partition coefficient (Wildman–Crippen LogP) is 2.63. The minimum absolute atomic E-state index is 0.0520. The minimum Gasteiger partial charge on any atom is -0.341 e. The lowest BCUT2D eigenvalue weighted by molar-refractivity contribution is 0.602. The number of hydrogen-bond donors (Lipinski definition) is 2. The van der Waals surface area contributed by atoms with Crippen molar-refractivity contribution in [2.45, 2.75) is 18.9 Å². The molecule has 1 aliphatic carbocycles. The van der Waals surface area contributed by atoms with Gasteiger partial charge in [-0.15, -0.1) is 0 Å². The lowest BCUT2D eigenvalue weighted by Crippen LogP contribution is -2.13. The molecule has 15 heavy (non-hydrogen) atoms. The van der Waals surface area contributed by atoms with Crippen molar-refractivity contribution in [3.63, 3.8) is 0 Å². The number of nitrogens with one attached hydrogen (secondary N) is 1. The fraction of sp³-hybridized carbons (Fsp3) is 0.364. The van der Waals surface area contributed by atoms with E-state index in [1.165, 1.54) is 12.8 Å². The van der Waals surface area contributed by atoms with Crippen LogP contribution in [0.2, 0.25) is 5.02 Å². The molecule has 1 aromatic heterocycles. The van der Waals surface area contributed by atoms with Crippen LogP contribution in [0.3, 0.4) is 0 Å². The second-order valence-corrected chi connectivity index (χ2v) is 4.58. The summed E-state index contributed by atoms with van der Waals surface area (Å²) in [6, 6.07) is 5.69. The summed E-state index contributed by atoms with van der Waals surface area (Å²) in [5.74, 6) is 1.50. The van der Waals surface area contributed by atoms with Crippen molar-refractivity contribution in [2.75, 3.05) is 0 Å². The maximum Gasteiger partial charge on any atom is 0.124 e. The first kappa shape index (κ1) is 9.19. The summed E-state index contributed by atoms with van der Waals surface area (Å²) in [6.45, 7) is 0. The third-order valence-electron chi connectivity index (χ3n) is 2.91. The number of hydrogen-bond acceptors (Lipinski definition) is 2. The molecule has 78 valence electrons. The van der Waals surface area contributed by atoms with Crippen LogP contribution in [0.5, 0.6) is 0 Å². The van der Waals surface area contributed by atoms with Crippen molar-refractivity contribution in [2.24, 2.45) is 11.7 Å². The van der Waals surface area contributed by atoms with Gasteiger partial charge >= 0.3 is 0 Å². The molecule has 3 N–H and O–H groups in total. The number of H-pyrrole nitrogens is 1. The van der Waals surface area contributed by atoms with Gasteiger partial charge in [-0.3, -0.25) is 0 Å². The maximum absolute atomic E-state index is 6.08. The number of aromatic amines is 1. The largest absolute Gasteiger partial charge is 0.341 e. The molecule has 1 unspecified atom stereocenters. The van der Waals surface area contributed by atoms with Gasteiger partial charge in [-0.05, 0) is 37.0 Å². The van der Waals surface area contributed by atoms with Crippen molar-refractivity contribution < 1.29 is 0 Å². The fourth-order valence-electron chi connectivity index (χ4n) is 1.84. The average Bonchev–Trinajstić information content (AvgIpc) is 2.97. The Kier molecular flexibility index (Phi) is 1.97. The summed E-state index contributed by atoms with van der Waals surface area (Å²) in [4.78, 5) is 7.71. The zero-order valence-electron chi connectivity index (χ0n) is 8.20. The molecule has 0 saturated heterocycles. The minimum atomic E-state index is 0.0520. The smallest absolute Gasteiger partial charge is 0.124 e. The lowest BCUT2D eigenvalue weighted by Gasteiger charge is -2.04. The van der Waals surface area contributed by atoms with Crippen LogP contribution in [0.25, 0.3) is 11.0 Å². The Morgan fingerprint density at radius 3 is 3.00 bits per heavy atom. The summed E-state index contributed by atoms with van der Waals surface area (Å²) in [5.41, 5.74) is 7.98. The van der Waals surface area contributed by atoms with Crippen LogP contribution in [0, 0.1) is 5.92 Å². The number of rotatable bonds is 2. The van der Waals surface area contributed by atoms with Crippen molar-refractivity contribution in [3.05, 3.63) is 29.0 Å². The molecule has 2 aromatic rings. The maximum atomic E-state index is 6.08. The zero-order valence-corrected chi connectivity index (χ0v) is 8.96. The van der Waals surface area contributed by atoms with Gasteiger partial charge in [0, 0.05) is 5.02 Å². The van der Waals surface area contributed by atoms with Crippen LogP contribution in [-0.4, -0.2) is 9.97 Å². The highest BCUT2D eigenvalue weighted by Gasteiger charge is 2.31. The molecule has 3 nitrogen and oxygen atoms in total. The van der Waals surface area contributed by atoms with Crippen molar-refractivity contribution in [1.29, 1.82) is 0 Å². The molecule has 1 aliphatic rings. The van der Waals surface area contributed by atoms with Gasteiger partial charge < -0.3 is 10.7 Å². The monoisotopic (exact) mass is 221 g/mol. The Morgan fingerprint density at radius 2 is 2.27 bits per heavy atom. The summed E-state index contributed by atoms with van der Waals surface area (Å²) in [7, 11) is 0. The first-order valence-corrected chi connectivity index (χ1v) is 5.52. The number of nitrogens with zero attached hydrogens (tertiary/aromatic N) is 1. The Bertz CT molecular complexity index is 502. The Morgan fingerprint density at radius 1 is 1.47 bits per heavy atom. The van der Waals surface area contributed by atoms with Gasteiger partial charge in [-0.1, -0.05) is 11.6 Å². The number of benzene rings is 1. The fourth-order valence-corrected chi connectivity index (χ4v) is 2.01. The third-order valence-corrected chi connectivity index (χ3v) is 3.14. The van der Waals surface area contributed by atoms with Gasteiger partial charge in [0.25, 0.3) is 0 Å². The van der Waals surface area contributed by atoms with Gasteiger partial charge in [-0.2, -0.15) is 0 Å². The molecule has 4 heteroatoms. The van der Waals surface area contributed by atoms with E-state index in [0.717, 1.165) is 21.9 Å². The summed E-state index contributed by atoms with van der Waals surface area (Å²) >= 11 is 5.90. The van der Waals surface area contributed by atoms with Gasteiger partial charge in [0.2, 0.25) is 0 Å². The quantitative estimate of drug-likeness (QED) is 0.819. The van der Waals surface area contributed by atoms with E-state index in [1.807, 2.05) is 18.2 Å². The van der Waals surface area contributed by atoms with E-state index < -0.39 is 0 Å². The van der Waals surface area contributed by atoms with E-state index in [-0.39, 0.29) is 6.04 Å². The Labute approximate surface area is 92.6 Å². The Hall–Kier alpha value is -1.06. The zero-order chi connectivity index (χ0) is 10.4. The number of nitrogens with two attached hydrogens (primary N) is 1. The number of aromatic nitrogens is 2. The molecular weight excluding hydrogens is 210 g/mol. The van der Waals surface area contributed by atoms with Gasteiger partial charge in [0.15, 0.2) is 0 Å². The highest BCUT2D eigenvalue weighted by atomic mass is 35.5. The molecule has 1 aromatic carbocycles. The van der Waals surface area contributed by atoms with E-state index in [0.29, 0.717) is 5.92 Å². The standard InChI is InChI=1S/C11H12ClN3/c12-7-3-4-8-9(5-7)15-11(14-8)10(13)6-1-2-6/h3-6,10H,1-2,13H2,(H,14,15). The summed E-state index contributed by atoms with van der Waals surface area (Å²) in [6.07, 6.45) is 2.44. The van der Waals surface area contributed by atoms with Crippen LogP contribution in [0.4, 0.5) is 0 Å². The molecule has 0 bridgehead atoms. The van der Waals surface area contributed by atoms with Gasteiger partial charge in [0.05, 0.1) is 17.1 Å². The number of halogens is 1. The SMILES string of the molecule is NC(c1nc2ccc(Cl)cc2[nH]1)C1CC1. The molecule has 1 heterocycles. The van der Waals surface area contributed by atoms with E-state index in [1.54, 1.807) is 0 Å². The summed E-state index contributed by atoms with van der Waals surface area (Å²) in [5, 5.41) is 0.720. The molecule has 0 aliphatic heterocycles. The van der Waals surface area contributed by atoms with Crippen molar-refractivity contribution in [1.82, 2.24) is 9.97 Å². The molecular formula is C11H12ClN3. The van der Waals surface area contributed by atoms with E-state index >= 15 is 0 Å². The van der Waals surface area contributed by atoms with Crippen molar-refractivity contribution >= 4 is 22.6 Å². The molecule has 3 rings (SSSR count). The van der Waals surface area contributed by atoms with E-state index in [4.69, 9.17) is 17.3 Å². The van der Waals surface area contributed by atoms with E-state index in [2.05, 4.69) is 9.97 Å². The van der Waals surface area contributed by atoms with Gasteiger partial charge in [-0.25, -0.2) is 4.98 Å². The van der Waals surface area contributed by atoms with Crippen LogP contribution in [0.1, 0.15) is 24.7 Å². The predicted molar refractivity (Wildman–Crippen MR) is 60.8 cm³/mol. The third kappa shape index (κ3) is 1.62. The number of imidazole rings is 1. The highest BCUT2D eigenvalue weighted by Crippen LogP contribution is 2.38. The molecule has 1 atom stereocenters. The second-order valence-electron chi connectivity index (χ2n) is 4.15. The normalized spacial score (nSPS) is 18.3. The summed E-state index contributed by atoms with van der Waals surface area (Å²) < 4.78 is 0. The molecule has 1 fully saturated rings. The first-order valence-electron chi connectivity index (χ1n) is 5.15. The molecule has 0 amide bonds. The van der Waals surface area contributed by atoms with E-state index in [9.17, 15) is 0 Å². The topological polar surface area (TPSA) is 54.7 Å². The van der Waals surface area contributed by atoms with Crippen LogP contribution >= 0.6 is 11.6 Å².